The number of aryl methyl sites for hydroxylation is 2. The predicted molar refractivity (Wildman–Crippen MR) is 167 cm³/mol. The molecule has 0 saturated carbocycles. The van der Waals surface area contributed by atoms with Crippen LogP contribution in [0.2, 0.25) is 0 Å². The van der Waals surface area contributed by atoms with Crippen LogP contribution in [0.1, 0.15) is 77.6 Å². The summed E-state index contributed by atoms with van der Waals surface area (Å²) in [7, 11) is 0. The summed E-state index contributed by atoms with van der Waals surface area (Å²) in [4.78, 5) is 3.12. The van der Waals surface area contributed by atoms with E-state index in [4.69, 9.17) is 60.0 Å². The summed E-state index contributed by atoms with van der Waals surface area (Å²) in [6, 6.07) is 12.0. The Kier molecular flexibility index (Phi) is 15.0. The summed E-state index contributed by atoms with van der Waals surface area (Å²) in [5.74, 6) is 1.66. The zero-order chi connectivity index (χ0) is 27.8. The zero-order valence-corrected chi connectivity index (χ0v) is 27.9. The summed E-state index contributed by atoms with van der Waals surface area (Å²) in [6.07, 6.45) is 0. The van der Waals surface area contributed by atoms with Crippen molar-refractivity contribution in [2.45, 2.75) is 69.2 Å². The third-order valence-corrected chi connectivity index (χ3v) is 7.96. The third kappa shape index (κ3) is 10.9. The fourth-order valence-electron chi connectivity index (χ4n) is 3.13. The monoisotopic (exact) mass is 618 g/mol. The molecule has 7 heteroatoms. The van der Waals surface area contributed by atoms with Crippen LogP contribution in [0.15, 0.2) is 46.2 Å². The molecule has 2 aromatic rings. The van der Waals surface area contributed by atoms with E-state index in [1.807, 2.05) is 64.1 Å². The predicted octanol–water partition coefficient (Wildman–Crippen LogP) is 8.40. The second-order valence-corrected chi connectivity index (χ2v) is 12.3. The first-order valence-corrected chi connectivity index (χ1v) is 13.8. The van der Waals surface area contributed by atoms with Gasteiger partial charge in [0, 0.05) is 16.5 Å². The van der Waals surface area contributed by atoms with Gasteiger partial charge in [0.25, 0.3) is 0 Å². The molecule has 0 saturated heterocycles. The number of ether oxygens (including phenoxy) is 2. The Hall–Kier alpha value is -1.11. The minimum atomic E-state index is -0.0976. The Morgan fingerprint density at radius 3 is 1.62 bits per heavy atom. The minimum absolute atomic E-state index is 0. The Morgan fingerprint density at radius 2 is 1.16 bits per heavy atom. The molecule has 0 radical (unpaired) electrons. The van der Waals surface area contributed by atoms with Gasteiger partial charge in [-0.25, -0.2) is 9.81 Å². The molecule has 0 atom stereocenters. The molecule has 0 spiro atoms. The van der Waals surface area contributed by atoms with E-state index in [-0.39, 0.29) is 27.3 Å². The van der Waals surface area contributed by atoms with Crippen LogP contribution in [0, 0.1) is 24.7 Å². The molecular weight excluding hydrogens is 579 g/mol. The molecule has 2 nitrogen and oxygen atoms in total. The van der Waals surface area contributed by atoms with Crippen molar-refractivity contribution in [3.63, 3.8) is 0 Å². The molecule has 0 fully saturated rings. The first kappa shape index (κ1) is 35.9. The minimum Gasteiger partial charge on any atom is -0.785 e. The van der Waals surface area contributed by atoms with E-state index in [2.05, 4.69) is 41.5 Å². The van der Waals surface area contributed by atoms with Crippen LogP contribution in [0.4, 0.5) is 0 Å². The maximum Gasteiger partial charge on any atom is 0.124 e. The molecule has 0 aromatic heterocycles. The Bertz CT molecular complexity index is 1090. The van der Waals surface area contributed by atoms with Gasteiger partial charge >= 0.3 is 0 Å². The van der Waals surface area contributed by atoms with Crippen LogP contribution in [0.3, 0.4) is 0 Å². The van der Waals surface area contributed by atoms with Crippen molar-refractivity contribution in [3.8, 4) is 11.5 Å². The fourth-order valence-corrected chi connectivity index (χ4v) is 4.34. The summed E-state index contributed by atoms with van der Waals surface area (Å²) in [5, 5.41) is 0. The number of rotatable bonds is 6. The number of hydrogen-bond donors (Lipinski definition) is 0. The van der Waals surface area contributed by atoms with Crippen molar-refractivity contribution in [1.29, 1.82) is 0 Å². The van der Waals surface area contributed by atoms with Gasteiger partial charge < -0.3 is 60.0 Å². The molecule has 0 aliphatic carbocycles. The standard InChI is InChI=1S/2C15H22OS2.Ni/c1-6-16-11-8-7-10(2)12(9-11)13(17)14(18)15(3,4)5;1-6-16-12-8-7-10(2)9-11(12)13(17)14(18)15(3,4)5;/h2*7-9,17-18H,6H2,1-5H3;/p-4/b2*14-13-;. The van der Waals surface area contributed by atoms with Crippen LogP contribution in [0.5, 0.6) is 11.5 Å². The Morgan fingerprint density at radius 1 is 0.676 bits per heavy atom. The van der Waals surface area contributed by atoms with Crippen molar-refractivity contribution in [2.75, 3.05) is 13.2 Å². The van der Waals surface area contributed by atoms with E-state index in [9.17, 15) is 0 Å². The molecule has 0 amide bonds. The second-order valence-electron chi connectivity index (χ2n) is 10.7. The quantitative estimate of drug-likeness (QED) is 0.237. The second kappa shape index (κ2) is 15.5. The van der Waals surface area contributed by atoms with Crippen LogP contribution < -0.4 is 9.47 Å². The Labute approximate surface area is 258 Å². The number of hydrogen-bond acceptors (Lipinski definition) is 6. The van der Waals surface area contributed by atoms with Gasteiger partial charge in [-0.15, -0.1) is 0 Å². The van der Waals surface area contributed by atoms with Crippen molar-refractivity contribution in [3.05, 3.63) is 68.5 Å². The molecule has 2 aromatic carbocycles. The van der Waals surface area contributed by atoms with Crippen molar-refractivity contribution in [2.24, 2.45) is 10.8 Å². The zero-order valence-electron chi connectivity index (χ0n) is 23.6. The van der Waals surface area contributed by atoms with Crippen molar-refractivity contribution in [1.82, 2.24) is 0 Å². The molecule has 210 valence electrons. The maximum absolute atomic E-state index is 5.63. The molecule has 37 heavy (non-hydrogen) atoms. The van der Waals surface area contributed by atoms with Crippen LogP contribution in [0.25, 0.3) is 9.81 Å². The summed E-state index contributed by atoms with van der Waals surface area (Å²) < 4.78 is 11.1. The van der Waals surface area contributed by atoms with E-state index in [0.717, 1.165) is 53.4 Å². The Balaban J connectivity index is 0.000000682. The van der Waals surface area contributed by atoms with Gasteiger partial charge in [0.15, 0.2) is 0 Å². The van der Waals surface area contributed by atoms with E-state index < -0.39 is 0 Å². The maximum atomic E-state index is 5.63. The molecule has 0 aliphatic heterocycles. The van der Waals surface area contributed by atoms with Gasteiger partial charge in [0.05, 0.1) is 13.2 Å². The normalized spacial score (nSPS) is 12.8. The van der Waals surface area contributed by atoms with Crippen LogP contribution in [-0.4, -0.2) is 13.2 Å². The first-order valence-electron chi connectivity index (χ1n) is 12.2. The molecule has 0 bridgehead atoms. The summed E-state index contributed by atoms with van der Waals surface area (Å²) in [6.45, 7) is 21.8. The van der Waals surface area contributed by atoms with Gasteiger partial charge in [0.1, 0.15) is 11.5 Å². The topological polar surface area (TPSA) is 18.5 Å². The molecular formula is C30H40NiO2S4-4. The smallest absolute Gasteiger partial charge is 0.124 e. The van der Waals surface area contributed by atoms with Gasteiger partial charge in [0.2, 0.25) is 0 Å². The molecule has 0 aliphatic rings. The van der Waals surface area contributed by atoms with Crippen molar-refractivity contribution < 1.29 is 26.0 Å². The summed E-state index contributed by atoms with van der Waals surface area (Å²) >= 11 is 22.0. The van der Waals surface area contributed by atoms with Gasteiger partial charge in [-0.2, -0.15) is 9.81 Å². The molecule has 0 N–H and O–H groups in total. The van der Waals surface area contributed by atoms with E-state index in [1.54, 1.807) is 0 Å². The first-order chi connectivity index (χ1) is 16.5. The van der Waals surface area contributed by atoms with E-state index >= 15 is 0 Å². The fraction of sp³-hybridized carbons (Fsp3) is 0.467. The SMILES string of the molecule is CCOc1ccc(C)c(/C([S-])=C(/[S-])C(C)(C)C)c1.CCOc1ccc(C)cc1/C([S-])=C(/[S-])C(C)(C)C.[Ni]. The third-order valence-electron chi connectivity index (χ3n) is 5.22. The van der Waals surface area contributed by atoms with Crippen LogP contribution in [-0.2, 0) is 67.0 Å². The summed E-state index contributed by atoms with van der Waals surface area (Å²) in [5.41, 5.74) is 4.06. The van der Waals surface area contributed by atoms with Gasteiger partial charge in [-0.3, -0.25) is 0 Å². The number of benzene rings is 2. The van der Waals surface area contributed by atoms with E-state index in [0.29, 0.717) is 13.2 Å². The van der Waals surface area contributed by atoms with Gasteiger partial charge in [-0.05, 0) is 79.5 Å². The van der Waals surface area contributed by atoms with Gasteiger partial charge in [-0.1, -0.05) is 59.2 Å². The molecule has 0 heterocycles. The average Bonchev–Trinajstić information content (AvgIpc) is 2.79. The largest absolute Gasteiger partial charge is 0.785 e. The molecule has 0 unspecified atom stereocenters. The number of allylic oxidation sites excluding steroid dienone is 2. The van der Waals surface area contributed by atoms with Crippen LogP contribution >= 0.6 is 0 Å². The average molecular weight is 620 g/mol. The van der Waals surface area contributed by atoms with E-state index in [1.165, 1.54) is 0 Å². The van der Waals surface area contributed by atoms with Crippen molar-refractivity contribution >= 4 is 60.3 Å². The molecule has 2 rings (SSSR count).